The monoisotopic (exact) mass is 515 g/mol. The first kappa shape index (κ1) is 23.0. The van der Waals surface area contributed by atoms with Crippen LogP contribution in [-0.4, -0.2) is 48.3 Å². The van der Waals surface area contributed by atoms with E-state index in [2.05, 4.69) is 15.8 Å². The standard InChI is InChI=1S/C20H22ClN3O3S4/c1-28-12-11-24-15-6-2-3-7-16(15)29-20(24)22-19(25)14-5-4-10-23(13-14)31(26,27)18-9-8-17(21)30-18/h2-3,6-9,14H,4-5,10-13H2,1H3. The third-order valence-electron chi connectivity index (χ3n) is 5.19. The molecule has 6 nitrogen and oxygen atoms in total. The number of piperidine rings is 1. The van der Waals surface area contributed by atoms with Crippen molar-refractivity contribution in [2.45, 2.75) is 23.6 Å². The van der Waals surface area contributed by atoms with Gasteiger partial charge in [-0.15, -0.1) is 11.3 Å². The Morgan fingerprint density at radius 1 is 1.26 bits per heavy atom. The summed E-state index contributed by atoms with van der Waals surface area (Å²) in [6.45, 7) is 1.32. The predicted molar refractivity (Wildman–Crippen MR) is 130 cm³/mol. The SMILES string of the molecule is CSCCn1c(=NC(=O)C2CCCN(S(=O)(=O)c3ccc(Cl)s3)C2)sc2ccccc21. The second-order valence-electron chi connectivity index (χ2n) is 7.21. The summed E-state index contributed by atoms with van der Waals surface area (Å²) in [6.07, 6.45) is 3.31. The molecule has 3 heterocycles. The fourth-order valence-corrected chi connectivity index (χ4v) is 8.20. The van der Waals surface area contributed by atoms with Crippen LogP contribution >= 0.6 is 46.0 Å². The van der Waals surface area contributed by atoms with E-state index in [1.807, 2.05) is 24.3 Å². The van der Waals surface area contributed by atoms with Crippen LogP contribution in [0.25, 0.3) is 10.2 Å². The average molecular weight is 516 g/mol. The molecule has 3 aromatic rings. The molecule has 0 aliphatic carbocycles. The molecule has 1 unspecified atom stereocenters. The van der Waals surface area contributed by atoms with Crippen LogP contribution in [0.4, 0.5) is 0 Å². The minimum atomic E-state index is -3.65. The number of amides is 1. The van der Waals surface area contributed by atoms with Gasteiger partial charge >= 0.3 is 0 Å². The van der Waals surface area contributed by atoms with Crippen LogP contribution in [0.1, 0.15) is 12.8 Å². The van der Waals surface area contributed by atoms with Crippen molar-refractivity contribution >= 4 is 72.2 Å². The van der Waals surface area contributed by atoms with Crippen LogP contribution in [0.15, 0.2) is 45.6 Å². The van der Waals surface area contributed by atoms with Crippen LogP contribution in [0, 0.1) is 5.92 Å². The van der Waals surface area contributed by atoms with Gasteiger partial charge in [0.05, 0.1) is 20.5 Å². The first-order chi connectivity index (χ1) is 14.9. The lowest BCUT2D eigenvalue weighted by molar-refractivity contribution is -0.122. The number of thiophene rings is 1. The lowest BCUT2D eigenvalue weighted by Gasteiger charge is -2.29. The Hall–Kier alpha value is -1.17. The van der Waals surface area contributed by atoms with E-state index < -0.39 is 15.9 Å². The van der Waals surface area contributed by atoms with Crippen LogP contribution in [0.3, 0.4) is 0 Å². The molecular formula is C20H22ClN3O3S4. The van der Waals surface area contributed by atoms with Gasteiger partial charge in [0.1, 0.15) is 4.21 Å². The molecule has 1 amide bonds. The number of benzene rings is 1. The third-order valence-corrected chi connectivity index (χ3v) is 10.4. The highest BCUT2D eigenvalue weighted by molar-refractivity contribution is 7.98. The topological polar surface area (TPSA) is 71.7 Å². The van der Waals surface area contributed by atoms with Gasteiger partial charge in [0.2, 0.25) is 0 Å². The zero-order valence-electron chi connectivity index (χ0n) is 16.9. The summed E-state index contributed by atoms with van der Waals surface area (Å²) < 4.78 is 31.1. The summed E-state index contributed by atoms with van der Waals surface area (Å²) in [5.41, 5.74) is 1.07. The van der Waals surface area contributed by atoms with Crippen molar-refractivity contribution in [1.82, 2.24) is 8.87 Å². The molecule has 4 rings (SSSR count). The van der Waals surface area contributed by atoms with Crippen LogP contribution in [-0.2, 0) is 21.4 Å². The van der Waals surface area contributed by atoms with E-state index in [-0.39, 0.29) is 16.7 Å². The molecule has 0 spiro atoms. The van der Waals surface area contributed by atoms with Gasteiger partial charge in [-0.1, -0.05) is 35.1 Å². The number of carbonyl (C=O) groups excluding carboxylic acids is 1. The van der Waals surface area contributed by atoms with Crippen molar-refractivity contribution in [3.63, 3.8) is 0 Å². The van der Waals surface area contributed by atoms with Gasteiger partial charge in [-0.3, -0.25) is 4.79 Å². The van der Waals surface area contributed by atoms with E-state index in [0.717, 1.165) is 33.9 Å². The number of nitrogens with zero attached hydrogens (tertiary/aromatic N) is 3. The Labute approximate surface area is 198 Å². The predicted octanol–water partition coefficient (Wildman–Crippen LogP) is 4.31. The molecule has 1 saturated heterocycles. The highest BCUT2D eigenvalue weighted by Gasteiger charge is 2.34. The van der Waals surface area contributed by atoms with Crippen molar-refractivity contribution in [1.29, 1.82) is 0 Å². The maximum Gasteiger partial charge on any atom is 0.252 e. The first-order valence-electron chi connectivity index (χ1n) is 9.81. The fourth-order valence-electron chi connectivity index (χ4n) is 3.62. The third kappa shape index (κ3) is 4.94. The molecule has 1 aliphatic rings. The Kier molecular flexibility index (Phi) is 7.24. The molecule has 2 aromatic heterocycles. The molecule has 0 saturated carbocycles. The molecule has 0 radical (unpaired) electrons. The number of carbonyl (C=O) groups is 1. The average Bonchev–Trinajstić information content (AvgIpc) is 3.36. The molecule has 0 bridgehead atoms. The second-order valence-corrected chi connectivity index (χ2v) is 13.1. The Morgan fingerprint density at radius 3 is 2.81 bits per heavy atom. The van der Waals surface area contributed by atoms with Gasteiger partial charge in [0.25, 0.3) is 15.9 Å². The first-order valence-corrected chi connectivity index (χ1v) is 14.7. The van der Waals surface area contributed by atoms with Crippen LogP contribution in [0.2, 0.25) is 4.34 Å². The molecule has 166 valence electrons. The van der Waals surface area contributed by atoms with Gasteiger partial charge in [-0.2, -0.15) is 21.1 Å². The van der Waals surface area contributed by atoms with Crippen molar-refractivity contribution in [3.8, 4) is 0 Å². The Bertz CT molecular complexity index is 1260. The zero-order chi connectivity index (χ0) is 22.0. The van der Waals surface area contributed by atoms with E-state index in [9.17, 15) is 13.2 Å². The summed E-state index contributed by atoms with van der Waals surface area (Å²) in [5.74, 6) is 0.215. The number of hydrogen-bond donors (Lipinski definition) is 0. The summed E-state index contributed by atoms with van der Waals surface area (Å²) >= 11 is 10.2. The van der Waals surface area contributed by atoms with Gasteiger partial charge in [-0.05, 0) is 43.4 Å². The largest absolute Gasteiger partial charge is 0.316 e. The fraction of sp³-hybridized carbons (Fsp3) is 0.400. The maximum absolute atomic E-state index is 13.1. The summed E-state index contributed by atoms with van der Waals surface area (Å²) in [5, 5.41) is 0. The summed E-state index contributed by atoms with van der Waals surface area (Å²) in [4.78, 5) is 18.2. The maximum atomic E-state index is 13.1. The number of thiazole rings is 1. The number of sulfonamides is 1. The highest BCUT2D eigenvalue weighted by atomic mass is 35.5. The number of aryl methyl sites for hydroxylation is 1. The van der Waals surface area contributed by atoms with Crippen molar-refractivity contribution < 1.29 is 13.2 Å². The molecule has 1 aliphatic heterocycles. The molecule has 0 N–H and O–H groups in total. The normalized spacial score (nSPS) is 18.6. The number of para-hydroxylation sites is 1. The second kappa shape index (κ2) is 9.76. The molecule has 11 heteroatoms. The molecule has 1 atom stereocenters. The highest BCUT2D eigenvalue weighted by Crippen LogP contribution is 2.31. The lowest BCUT2D eigenvalue weighted by Crippen LogP contribution is -2.42. The smallest absolute Gasteiger partial charge is 0.252 e. The quantitative estimate of drug-likeness (QED) is 0.490. The number of thioether (sulfide) groups is 1. The minimum absolute atomic E-state index is 0.149. The van der Waals surface area contributed by atoms with Gasteiger partial charge < -0.3 is 4.57 Å². The van der Waals surface area contributed by atoms with E-state index >= 15 is 0 Å². The lowest BCUT2D eigenvalue weighted by atomic mass is 9.99. The van der Waals surface area contributed by atoms with Gasteiger partial charge in [0, 0.05) is 25.4 Å². The number of aromatic nitrogens is 1. The summed E-state index contributed by atoms with van der Waals surface area (Å²) in [6, 6.07) is 11.1. The van der Waals surface area contributed by atoms with Crippen LogP contribution in [0.5, 0.6) is 0 Å². The number of halogens is 1. The van der Waals surface area contributed by atoms with Crippen LogP contribution < -0.4 is 4.80 Å². The van der Waals surface area contributed by atoms with E-state index in [4.69, 9.17) is 11.6 Å². The Morgan fingerprint density at radius 2 is 2.06 bits per heavy atom. The van der Waals surface area contributed by atoms with Gasteiger partial charge in [0.15, 0.2) is 4.80 Å². The van der Waals surface area contributed by atoms with E-state index in [1.54, 1.807) is 17.8 Å². The number of hydrogen-bond acceptors (Lipinski definition) is 6. The number of fused-ring (bicyclic) bond motifs is 1. The minimum Gasteiger partial charge on any atom is -0.316 e. The molecular weight excluding hydrogens is 494 g/mol. The van der Waals surface area contributed by atoms with Crippen molar-refractivity contribution in [2.75, 3.05) is 25.1 Å². The molecule has 1 fully saturated rings. The Balaban J connectivity index is 1.61. The molecule has 1 aromatic carbocycles. The van der Waals surface area contributed by atoms with E-state index in [1.165, 1.54) is 21.7 Å². The van der Waals surface area contributed by atoms with Crippen molar-refractivity contribution in [2.24, 2.45) is 10.9 Å². The summed E-state index contributed by atoms with van der Waals surface area (Å²) in [7, 11) is -3.65. The van der Waals surface area contributed by atoms with E-state index in [0.29, 0.717) is 28.5 Å². The van der Waals surface area contributed by atoms with Crippen molar-refractivity contribution in [3.05, 3.63) is 45.5 Å². The zero-order valence-corrected chi connectivity index (χ0v) is 20.9. The van der Waals surface area contributed by atoms with Gasteiger partial charge in [-0.25, -0.2) is 8.42 Å². The number of rotatable bonds is 6. The molecule has 31 heavy (non-hydrogen) atoms.